The average molecular weight is 228 g/mol. The van der Waals surface area contributed by atoms with Crippen molar-refractivity contribution in [3.63, 3.8) is 0 Å². The van der Waals surface area contributed by atoms with E-state index in [1.165, 1.54) is 12.8 Å². The van der Waals surface area contributed by atoms with Gasteiger partial charge in [0.2, 0.25) is 0 Å². The first kappa shape index (κ1) is 13.9. The summed E-state index contributed by atoms with van der Waals surface area (Å²) in [6, 6.07) is 0. The first-order valence-corrected chi connectivity index (χ1v) is 6.61. The molecule has 16 heavy (non-hydrogen) atoms. The van der Waals surface area contributed by atoms with E-state index < -0.39 is 0 Å². The molecule has 3 heteroatoms. The minimum atomic E-state index is -0.105. The van der Waals surface area contributed by atoms with E-state index >= 15 is 0 Å². The van der Waals surface area contributed by atoms with Gasteiger partial charge in [0.1, 0.15) is 0 Å². The molecule has 0 aromatic carbocycles. The molecule has 0 aliphatic carbocycles. The molecule has 1 rings (SSSR count). The van der Waals surface area contributed by atoms with Gasteiger partial charge >= 0.3 is 0 Å². The fourth-order valence-electron chi connectivity index (χ4n) is 2.75. The van der Waals surface area contributed by atoms with Crippen molar-refractivity contribution in [2.75, 3.05) is 26.2 Å². The highest BCUT2D eigenvalue weighted by Crippen LogP contribution is 2.26. The summed E-state index contributed by atoms with van der Waals surface area (Å²) in [5, 5.41) is 9.70. The quantitative estimate of drug-likeness (QED) is 0.749. The van der Waals surface area contributed by atoms with Crippen molar-refractivity contribution >= 4 is 0 Å². The fourth-order valence-corrected chi connectivity index (χ4v) is 2.75. The first-order valence-electron chi connectivity index (χ1n) is 6.61. The summed E-state index contributed by atoms with van der Waals surface area (Å²) in [7, 11) is 0. The van der Waals surface area contributed by atoms with Gasteiger partial charge in [-0.2, -0.15) is 0 Å². The zero-order chi connectivity index (χ0) is 12.2. The van der Waals surface area contributed by atoms with Crippen molar-refractivity contribution < 1.29 is 5.11 Å². The summed E-state index contributed by atoms with van der Waals surface area (Å²) in [5.41, 5.74) is 6.14. The normalized spacial score (nSPS) is 31.3. The Morgan fingerprint density at radius 2 is 2.19 bits per heavy atom. The van der Waals surface area contributed by atoms with Crippen LogP contribution in [0.15, 0.2) is 0 Å². The molecular formula is C13H28N2O. The second-order valence-electron chi connectivity index (χ2n) is 5.83. The number of aliphatic hydroxyl groups excluding tert-OH is 1. The topological polar surface area (TPSA) is 49.5 Å². The predicted molar refractivity (Wildman–Crippen MR) is 68.3 cm³/mol. The van der Waals surface area contributed by atoms with E-state index in [-0.39, 0.29) is 11.5 Å². The van der Waals surface area contributed by atoms with Crippen molar-refractivity contribution in [2.24, 2.45) is 17.1 Å². The highest BCUT2D eigenvalue weighted by Gasteiger charge is 2.29. The minimum absolute atomic E-state index is 0.105. The van der Waals surface area contributed by atoms with E-state index in [0.29, 0.717) is 5.92 Å². The van der Waals surface area contributed by atoms with Crippen LogP contribution in [0.25, 0.3) is 0 Å². The van der Waals surface area contributed by atoms with Gasteiger partial charge in [0.05, 0.1) is 6.10 Å². The maximum atomic E-state index is 9.70. The molecule has 1 aliphatic rings. The lowest BCUT2D eigenvalue weighted by Crippen LogP contribution is -2.48. The number of hydrogen-bond acceptors (Lipinski definition) is 3. The molecule has 0 bridgehead atoms. The van der Waals surface area contributed by atoms with E-state index in [1.807, 2.05) is 0 Å². The highest BCUT2D eigenvalue weighted by atomic mass is 16.3. The summed E-state index contributed by atoms with van der Waals surface area (Å²) in [6.07, 6.45) is 3.19. The van der Waals surface area contributed by atoms with Gasteiger partial charge < -0.3 is 15.7 Å². The molecule has 0 saturated carbocycles. The third-order valence-electron chi connectivity index (χ3n) is 3.90. The van der Waals surface area contributed by atoms with E-state index in [2.05, 4.69) is 25.7 Å². The Morgan fingerprint density at radius 3 is 2.69 bits per heavy atom. The molecular weight excluding hydrogens is 200 g/mol. The molecule has 3 unspecified atom stereocenters. The van der Waals surface area contributed by atoms with Crippen LogP contribution in [0.5, 0.6) is 0 Å². The van der Waals surface area contributed by atoms with Crippen LogP contribution in [0.3, 0.4) is 0 Å². The van der Waals surface area contributed by atoms with Gasteiger partial charge in [0.15, 0.2) is 0 Å². The second kappa shape index (κ2) is 5.99. The maximum Gasteiger partial charge on any atom is 0.0590 e. The summed E-state index contributed by atoms with van der Waals surface area (Å²) < 4.78 is 0. The zero-order valence-electron chi connectivity index (χ0n) is 11.1. The third-order valence-corrected chi connectivity index (χ3v) is 3.90. The van der Waals surface area contributed by atoms with Crippen LogP contribution in [0.4, 0.5) is 0 Å². The monoisotopic (exact) mass is 228 g/mol. The maximum absolute atomic E-state index is 9.70. The Bertz CT molecular complexity index is 210. The van der Waals surface area contributed by atoms with E-state index in [0.717, 1.165) is 32.6 Å². The van der Waals surface area contributed by atoms with Crippen LogP contribution in [-0.4, -0.2) is 42.3 Å². The molecule has 1 aliphatic heterocycles. The van der Waals surface area contributed by atoms with Crippen LogP contribution in [-0.2, 0) is 0 Å². The van der Waals surface area contributed by atoms with Crippen molar-refractivity contribution in [1.82, 2.24) is 4.90 Å². The number of aliphatic hydroxyl groups is 1. The molecule has 0 aromatic rings. The Hall–Kier alpha value is -0.120. The van der Waals surface area contributed by atoms with Gasteiger partial charge in [-0.25, -0.2) is 0 Å². The van der Waals surface area contributed by atoms with Crippen LogP contribution < -0.4 is 5.73 Å². The van der Waals surface area contributed by atoms with E-state index in [4.69, 9.17) is 5.73 Å². The fraction of sp³-hybridized carbons (Fsp3) is 1.00. The minimum Gasteiger partial charge on any atom is -0.393 e. The van der Waals surface area contributed by atoms with Crippen molar-refractivity contribution in [3.8, 4) is 0 Å². The number of rotatable bonds is 5. The summed E-state index contributed by atoms with van der Waals surface area (Å²) in [5.74, 6) is 0.400. The average Bonchev–Trinajstić information content (AvgIpc) is 2.24. The van der Waals surface area contributed by atoms with Crippen molar-refractivity contribution in [3.05, 3.63) is 0 Å². The molecule has 0 radical (unpaired) electrons. The Kier molecular flexibility index (Phi) is 5.22. The Morgan fingerprint density at radius 1 is 1.50 bits per heavy atom. The van der Waals surface area contributed by atoms with Crippen LogP contribution in [0.2, 0.25) is 0 Å². The van der Waals surface area contributed by atoms with Crippen LogP contribution in [0, 0.1) is 11.3 Å². The lowest BCUT2D eigenvalue weighted by molar-refractivity contribution is 0.0184. The lowest BCUT2D eigenvalue weighted by atomic mass is 9.84. The summed E-state index contributed by atoms with van der Waals surface area (Å²) in [4.78, 5) is 2.47. The van der Waals surface area contributed by atoms with Gasteiger partial charge in [-0.3, -0.25) is 0 Å². The zero-order valence-corrected chi connectivity index (χ0v) is 11.1. The van der Waals surface area contributed by atoms with Gasteiger partial charge in [0, 0.05) is 19.6 Å². The molecule has 1 heterocycles. The standard InChI is InChI=1S/C13H28N2O/c1-4-6-13(3,9-14)10-15-7-5-12(16)11(2)8-15/h11-12,16H,4-10,14H2,1-3H3. The number of hydrogen-bond donors (Lipinski definition) is 2. The molecule has 3 nitrogen and oxygen atoms in total. The van der Waals surface area contributed by atoms with Crippen molar-refractivity contribution in [2.45, 2.75) is 46.1 Å². The molecule has 3 atom stereocenters. The first-order chi connectivity index (χ1) is 7.50. The Balaban J connectivity index is 2.46. The smallest absolute Gasteiger partial charge is 0.0590 e. The number of nitrogens with two attached hydrogens (primary N) is 1. The van der Waals surface area contributed by atoms with Crippen LogP contribution in [0.1, 0.15) is 40.0 Å². The third kappa shape index (κ3) is 3.72. The van der Waals surface area contributed by atoms with Crippen molar-refractivity contribution in [1.29, 1.82) is 0 Å². The molecule has 0 amide bonds. The molecule has 3 N–H and O–H groups in total. The molecule has 0 spiro atoms. The predicted octanol–water partition coefficient (Wildman–Crippen LogP) is 1.45. The molecule has 1 saturated heterocycles. The summed E-state index contributed by atoms with van der Waals surface area (Å²) >= 11 is 0. The van der Waals surface area contributed by atoms with Crippen LogP contribution >= 0.6 is 0 Å². The van der Waals surface area contributed by atoms with E-state index in [9.17, 15) is 5.11 Å². The highest BCUT2D eigenvalue weighted by molar-refractivity contribution is 4.84. The molecule has 96 valence electrons. The number of nitrogens with zero attached hydrogens (tertiary/aromatic N) is 1. The molecule has 1 fully saturated rings. The van der Waals surface area contributed by atoms with Gasteiger partial charge in [-0.15, -0.1) is 0 Å². The number of piperidine rings is 1. The van der Waals surface area contributed by atoms with Gasteiger partial charge in [-0.1, -0.05) is 27.2 Å². The number of likely N-dealkylation sites (tertiary alicyclic amines) is 1. The largest absolute Gasteiger partial charge is 0.393 e. The molecule has 0 aromatic heterocycles. The van der Waals surface area contributed by atoms with Gasteiger partial charge in [-0.05, 0) is 30.7 Å². The Labute approximate surface area is 100 Å². The summed E-state index contributed by atoms with van der Waals surface area (Å²) in [6.45, 7) is 10.5. The van der Waals surface area contributed by atoms with E-state index in [1.54, 1.807) is 0 Å². The van der Waals surface area contributed by atoms with Gasteiger partial charge in [0.25, 0.3) is 0 Å². The SMILES string of the molecule is CCCC(C)(CN)CN1CCC(O)C(C)C1. The lowest BCUT2D eigenvalue weighted by Gasteiger charge is -2.40. The second-order valence-corrected chi connectivity index (χ2v) is 5.83.